The van der Waals surface area contributed by atoms with E-state index in [4.69, 9.17) is 0 Å². The molecule has 1 aromatic heterocycles. The molecule has 0 bridgehead atoms. The molecule has 2 N–H and O–H groups in total. The molecule has 0 spiro atoms. The van der Waals surface area contributed by atoms with Gasteiger partial charge in [0.2, 0.25) is 0 Å². The largest absolute Gasteiger partial charge is 0.370 e. The summed E-state index contributed by atoms with van der Waals surface area (Å²) in [6, 6.07) is 12.2. The van der Waals surface area contributed by atoms with E-state index in [0.717, 1.165) is 23.7 Å². The number of benzene rings is 1. The summed E-state index contributed by atoms with van der Waals surface area (Å²) in [4.78, 5) is 4.24. The van der Waals surface area contributed by atoms with Gasteiger partial charge in [0.15, 0.2) is 0 Å². The van der Waals surface area contributed by atoms with Crippen molar-refractivity contribution in [3.05, 3.63) is 46.2 Å². The third-order valence-corrected chi connectivity index (χ3v) is 2.90. The van der Waals surface area contributed by atoms with Crippen LogP contribution in [0, 0.1) is 3.57 Å². The first-order valence-corrected chi connectivity index (χ1v) is 6.58. The Hall–Kier alpha value is -1.30. The van der Waals surface area contributed by atoms with Crippen molar-refractivity contribution in [3.63, 3.8) is 0 Å². The van der Waals surface area contributed by atoms with E-state index in [9.17, 15) is 0 Å². The molecule has 0 radical (unpaired) electrons. The van der Waals surface area contributed by atoms with Gasteiger partial charge in [0.1, 0.15) is 5.82 Å². The standard InChI is InChI=1S/C13H14IN3/c1-2-15-13-9-12(6-7-16-13)17-11-5-3-4-10(14)8-11/h3-9H,2H2,1H3,(H2,15,16,17). The van der Waals surface area contributed by atoms with Gasteiger partial charge in [-0.05, 0) is 53.8 Å². The molecule has 0 aliphatic rings. The van der Waals surface area contributed by atoms with Gasteiger partial charge in [0.05, 0.1) is 0 Å². The molecule has 0 atom stereocenters. The molecule has 4 heteroatoms. The topological polar surface area (TPSA) is 37.0 Å². The lowest BCUT2D eigenvalue weighted by Crippen LogP contribution is -1.99. The summed E-state index contributed by atoms with van der Waals surface area (Å²) in [5.74, 6) is 0.892. The van der Waals surface area contributed by atoms with Crippen molar-refractivity contribution in [3.8, 4) is 0 Å². The van der Waals surface area contributed by atoms with Crippen molar-refractivity contribution in [2.24, 2.45) is 0 Å². The maximum absolute atomic E-state index is 4.24. The lowest BCUT2D eigenvalue weighted by Gasteiger charge is -2.08. The van der Waals surface area contributed by atoms with Crippen molar-refractivity contribution in [1.82, 2.24) is 4.98 Å². The third-order valence-electron chi connectivity index (χ3n) is 2.23. The zero-order chi connectivity index (χ0) is 12.1. The van der Waals surface area contributed by atoms with E-state index in [0.29, 0.717) is 0 Å². The summed E-state index contributed by atoms with van der Waals surface area (Å²) in [5.41, 5.74) is 2.13. The van der Waals surface area contributed by atoms with Crippen LogP contribution in [0.4, 0.5) is 17.2 Å². The molecular formula is C13H14IN3. The average Bonchev–Trinajstić information content (AvgIpc) is 2.30. The number of nitrogens with one attached hydrogen (secondary N) is 2. The van der Waals surface area contributed by atoms with Gasteiger partial charge < -0.3 is 10.6 Å². The Morgan fingerprint density at radius 1 is 1.18 bits per heavy atom. The quantitative estimate of drug-likeness (QED) is 0.831. The van der Waals surface area contributed by atoms with E-state index in [1.54, 1.807) is 6.20 Å². The number of hydrogen-bond donors (Lipinski definition) is 2. The minimum absolute atomic E-state index is 0.875. The highest BCUT2D eigenvalue weighted by Gasteiger charge is 1.97. The lowest BCUT2D eigenvalue weighted by molar-refractivity contribution is 1.16. The second-order valence-corrected chi connectivity index (χ2v) is 4.84. The van der Waals surface area contributed by atoms with Crippen LogP contribution in [-0.4, -0.2) is 11.5 Å². The smallest absolute Gasteiger partial charge is 0.127 e. The summed E-state index contributed by atoms with van der Waals surface area (Å²) in [5, 5.41) is 6.55. The van der Waals surface area contributed by atoms with Crippen LogP contribution in [0.15, 0.2) is 42.6 Å². The van der Waals surface area contributed by atoms with E-state index in [1.807, 2.05) is 18.2 Å². The number of aromatic nitrogens is 1. The monoisotopic (exact) mass is 339 g/mol. The van der Waals surface area contributed by atoms with Crippen molar-refractivity contribution in [2.45, 2.75) is 6.92 Å². The first kappa shape index (κ1) is 12.2. The summed E-state index contributed by atoms with van der Waals surface area (Å²) in [6.45, 7) is 2.93. The van der Waals surface area contributed by atoms with Crippen LogP contribution >= 0.6 is 22.6 Å². The molecule has 88 valence electrons. The molecule has 1 heterocycles. The Morgan fingerprint density at radius 2 is 2.00 bits per heavy atom. The van der Waals surface area contributed by atoms with Crippen molar-refractivity contribution >= 4 is 39.8 Å². The maximum Gasteiger partial charge on any atom is 0.127 e. The van der Waals surface area contributed by atoms with Crippen LogP contribution in [0.1, 0.15) is 6.92 Å². The fourth-order valence-electron chi connectivity index (χ4n) is 1.52. The highest BCUT2D eigenvalue weighted by Crippen LogP contribution is 2.19. The van der Waals surface area contributed by atoms with E-state index in [2.05, 4.69) is 63.3 Å². The molecule has 2 rings (SSSR count). The fraction of sp³-hybridized carbons (Fsp3) is 0.154. The Morgan fingerprint density at radius 3 is 2.76 bits per heavy atom. The van der Waals surface area contributed by atoms with Gasteiger partial charge in [-0.3, -0.25) is 0 Å². The van der Waals surface area contributed by atoms with Crippen LogP contribution in [0.5, 0.6) is 0 Å². The third kappa shape index (κ3) is 3.59. The number of pyridine rings is 1. The minimum Gasteiger partial charge on any atom is -0.370 e. The highest BCUT2D eigenvalue weighted by atomic mass is 127. The van der Waals surface area contributed by atoms with E-state index >= 15 is 0 Å². The van der Waals surface area contributed by atoms with Crippen LogP contribution in [0.2, 0.25) is 0 Å². The molecule has 2 aromatic rings. The van der Waals surface area contributed by atoms with Crippen molar-refractivity contribution in [2.75, 3.05) is 17.2 Å². The summed E-state index contributed by atoms with van der Waals surface area (Å²) in [6.07, 6.45) is 1.80. The van der Waals surface area contributed by atoms with Gasteiger partial charge >= 0.3 is 0 Å². The SMILES string of the molecule is CCNc1cc(Nc2cccc(I)c2)ccn1. The molecule has 17 heavy (non-hydrogen) atoms. The molecule has 0 saturated carbocycles. The first-order chi connectivity index (χ1) is 8.28. The number of nitrogens with zero attached hydrogens (tertiary/aromatic N) is 1. The second-order valence-electron chi connectivity index (χ2n) is 3.60. The van der Waals surface area contributed by atoms with Gasteiger partial charge in [-0.1, -0.05) is 6.07 Å². The molecule has 0 aliphatic carbocycles. The van der Waals surface area contributed by atoms with Crippen LogP contribution in [0.25, 0.3) is 0 Å². The minimum atomic E-state index is 0.875. The number of rotatable bonds is 4. The molecule has 1 aromatic carbocycles. The maximum atomic E-state index is 4.24. The molecule has 3 nitrogen and oxygen atoms in total. The van der Waals surface area contributed by atoms with E-state index < -0.39 is 0 Å². The average molecular weight is 339 g/mol. The highest BCUT2D eigenvalue weighted by molar-refractivity contribution is 14.1. The molecular weight excluding hydrogens is 325 g/mol. The molecule has 0 amide bonds. The predicted molar refractivity (Wildman–Crippen MR) is 80.8 cm³/mol. The van der Waals surface area contributed by atoms with Gasteiger partial charge in [-0.15, -0.1) is 0 Å². The van der Waals surface area contributed by atoms with Gasteiger partial charge in [-0.25, -0.2) is 4.98 Å². The van der Waals surface area contributed by atoms with Gasteiger partial charge in [0.25, 0.3) is 0 Å². The zero-order valence-corrected chi connectivity index (χ0v) is 11.7. The van der Waals surface area contributed by atoms with E-state index in [-0.39, 0.29) is 0 Å². The van der Waals surface area contributed by atoms with E-state index in [1.165, 1.54) is 3.57 Å². The predicted octanol–water partition coefficient (Wildman–Crippen LogP) is 3.86. The van der Waals surface area contributed by atoms with Crippen molar-refractivity contribution < 1.29 is 0 Å². The molecule has 0 fully saturated rings. The number of halogens is 1. The Kier molecular flexibility index (Phi) is 4.19. The summed E-state index contributed by atoms with van der Waals surface area (Å²) < 4.78 is 1.22. The fourth-order valence-corrected chi connectivity index (χ4v) is 2.06. The molecule has 0 saturated heterocycles. The lowest BCUT2D eigenvalue weighted by atomic mass is 10.3. The van der Waals surface area contributed by atoms with Gasteiger partial charge in [0, 0.05) is 33.8 Å². The Balaban J connectivity index is 2.15. The molecule has 0 unspecified atom stereocenters. The number of hydrogen-bond acceptors (Lipinski definition) is 3. The first-order valence-electron chi connectivity index (χ1n) is 5.50. The second kappa shape index (κ2) is 5.86. The number of anilines is 3. The Labute approximate surface area is 115 Å². The van der Waals surface area contributed by atoms with Crippen molar-refractivity contribution in [1.29, 1.82) is 0 Å². The zero-order valence-electron chi connectivity index (χ0n) is 9.57. The summed E-state index contributed by atoms with van der Waals surface area (Å²) >= 11 is 2.30. The van der Waals surface area contributed by atoms with Crippen LogP contribution in [0.3, 0.4) is 0 Å². The Bertz CT molecular complexity index is 500. The molecule has 0 aliphatic heterocycles. The van der Waals surface area contributed by atoms with Crippen LogP contribution in [-0.2, 0) is 0 Å². The normalized spacial score (nSPS) is 10.0. The van der Waals surface area contributed by atoms with Gasteiger partial charge in [-0.2, -0.15) is 0 Å². The summed E-state index contributed by atoms with van der Waals surface area (Å²) in [7, 11) is 0. The van der Waals surface area contributed by atoms with Crippen LogP contribution < -0.4 is 10.6 Å².